The molecule has 0 saturated heterocycles. The second-order valence-corrected chi connectivity index (χ2v) is 4.99. The van der Waals surface area contributed by atoms with Crippen LogP contribution in [0, 0.1) is 23.0 Å². The molecule has 2 heterocycles. The van der Waals surface area contributed by atoms with Gasteiger partial charge in [-0.15, -0.1) is 0 Å². The second kappa shape index (κ2) is 5.50. The van der Waals surface area contributed by atoms with E-state index in [9.17, 15) is 14.0 Å². The molecule has 0 amide bonds. The molecule has 2 N–H and O–H groups in total. The van der Waals surface area contributed by atoms with Crippen molar-refractivity contribution in [2.45, 2.75) is 0 Å². The van der Waals surface area contributed by atoms with Gasteiger partial charge in [-0.2, -0.15) is 10.4 Å². The minimum Gasteiger partial charge on any atom is -0.383 e. The molecule has 7 heteroatoms. The van der Waals surface area contributed by atoms with Crippen LogP contribution in [0.15, 0.2) is 36.7 Å². The summed E-state index contributed by atoms with van der Waals surface area (Å²) in [6.07, 6.45) is 3.29. The Labute approximate surface area is 130 Å². The van der Waals surface area contributed by atoms with E-state index in [1.165, 1.54) is 0 Å². The molecule has 0 spiro atoms. The molecule has 3 rings (SSSR count). The monoisotopic (exact) mass is 311 g/mol. The van der Waals surface area contributed by atoms with Gasteiger partial charge in [0.15, 0.2) is 0 Å². The Morgan fingerprint density at radius 1 is 1.13 bits per heavy atom. The number of rotatable bonds is 2. The lowest BCUT2D eigenvalue weighted by molar-refractivity contribution is 0.584. The van der Waals surface area contributed by atoms with Gasteiger partial charge in [0.2, 0.25) is 0 Å². The van der Waals surface area contributed by atoms with Gasteiger partial charge in [-0.25, -0.2) is 13.8 Å². The Morgan fingerprint density at radius 2 is 1.83 bits per heavy atom. The highest BCUT2D eigenvalue weighted by Gasteiger charge is 2.15. The van der Waals surface area contributed by atoms with Crippen LogP contribution in [0.4, 0.5) is 14.6 Å². The topological polar surface area (TPSA) is 80.5 Å². The van der Waals surface area contributed by atoms with Crippen molar-refractivity contribution in [3.05, 3.63) is 53.9 Å². The third kappa shape index (κ3) is 2.74. The van der Waals surface area contributed by atoms with E-state index in [1.54, 1.807) is 30.2 Å². The molecule has 0 radical (unpaired) electrons. The average molecular weight is 311 g/mol. The van der Waals surface area contributed by atoms with Crippen molar-refractivity contribution in [3.8, 4) is 28.5 Å². The van der Waals surface area contributed by atoms with Crippen LogP contribution in [-0.2, 0) is 7.05 Å². The summed E-state index contributed by atoms with van der Waals surface area (Å²) in [5.41, 5.74) is 7.72. The van der Waals surface area contributed by atoms with E-state index in [4.69, 9.17) is 5.73 Å². The van der Waals surface area contributed by atoms with E-state index in [0.29, 0.717) is 11.1 Å². The van der Waals surface area contributed by atoms with Gasteiger partial charge in [0.25, 0.3) is 0 Å². The number of aromatic nitrogens is 3. The standard InChI is InChI=1S/C16H11F2N5/c1-23-8-10(7-21-23)13-5-15(22-16(20)14(13)6-19)9-2-11(17)4-12(18)3-9/h2-5,7-8H,1H3,(H2,20,22). The largest absolute Gasteiger partial charge is 0.383 e. The number of nitrogens with zero attached hydrogens (tertiary/aromatic N) is 4. The van der Waals surface area contributed by atoms with Gasteiger partial charge in [0.05, 0.1) is 11.9 Å². The van der Waals surface area contributed by atoms with Crippen molar-refractivity contribution in [2.24, 2.45) is 7.05 Å². The van der Waals surface area contributed by atoms with Gasteiger partial charge in [-0.1, -0.05) is 0 Å². The van der Waals surface area contributed by atoms with E-state index in [1.807, 2.05) is 6.07 Å². The van der Waals surface area contributed by atoms with Crippen LogP contribution >= 0.6 is 0 Å². The van der Waals surface area contributed by atoms with Crippen molar-refractivity contribution in [1.82, 2.24) is 14.8 Å². The molecule has 0 saturated carbocycles. The molecule has 114 valence electrons. The van der Waals surface area contributed by atoms with Crippen LogP contribution < -0.4 is 5.73 Å². The van der Waals surface area contributed by atoms with Crippen LogP contribution in [-0.4, -0.2) is 14.8 Å². The van der Waals surface area contributed by atoms with Crippen molar-refractivity contribution >= 4 is 5.82 Å². The zero-order valence-corrected chi connectivity index (χ0v) is 12.1. The van der Waals surface area contributed by atoms with Gasteiger partial charge >= 0.3 is 0 Å². The molecule has 0 aliphatic heterocycles. The number of hydrogen-bond acceptors (Lipinski definition) is 4. The number of pyridine rings is 1. The first-order valence-corrected chi connectivity index (χ1v) is 6.64. The summed E-state index contributed by atoms with van der Waals surface area (Å²) in [4.78, 5) is 4.08. The van der Waals surface area contributed by atoms with Crippen molar-refractivity contribution in [3.63, 3.8) is 0 Å². The molecular formula is C16H11F2N5. The van der Waals surface area contributed by atoms with Crippen LogP contribution in [0.2, 0.25) is 0 Å². The number of nitrogens with two attached hydrogens (primary N) is 1. The predicted molar refractivity (Wildman–Crippen MR) is 80.9 cm³/mol. The predicted octanol–water partition coefficient (Wildman–Crippen LogP) is 2.88. The summed E-state index contributed by atoms with van der Waals surface area (Å²) < 4.78 is 28.4. The quantitative estimate of drug-likeness (QED) is 0.789. The Morgan fingerprint density at radius 3 is 2.39 bits per heavy atom. The minimum atomic E-state index is -0.715. The molecular weight excluding hydrogens is 300 g/mol. The molecule has 0 aliphatic rings. The number of hydrogen-bond donors (Lipinski definition) is 1. The lowest BCUT2D eigenvalue weighted by atomic mass is 10.0. The number of benzene rings is 1. The van der Waals surface area contributed by atoms with Gasteiger partial charge < -0.3 is 5.73 Å². The molecule has 3 aromatic rings. The summed E-state index contributed by atoms with van der Waals surface area (Å²) in [6.45, 7) is 0. The van der Waals surface area contributed by atoms with Gasteiger partial charge in [-0.3, -0.25) is 4.68 Å². The summed E-state index contributed by atoms with van der Waals surface area (Å²) in [6, 6.07) is 6.66. The maximum atomic E-state index is 13.4. The smallest absolute Gasteiger partial charge is 0.142 e. The Bertz CT molecular complexity index is 920. The number of anilines is 1. The van der Waals surface area contributed by atoms with Crippen molar-refractivity contribution in [1.29, 1.82) is 5.26 Å². The van der Waals surface area contributed by atoms with Crippen molar-refractivity contribution < 1.29 is 8.78 Å². The summed E-state index contributed by atoms with van der Waals surface area (Å²) >= 11 is 0. The normalized spacial score (nSPS) is 10.5. The van der Waals surface area contributed by atoms with E-state index in [2.05, 4.69) is 10.1 Å². The van der Waals surface area contributed by atoms with E-state index in [0.717, 1.165) is 18.2 Å². The number of nitrogen functional groups attached to an aromatic ring is 1. The molecule has 0 unspecified atom stereocenters. The summed E-state index contributed by atoms with van der Waals surface area (Å²) in [7, 11) is 1.74. The van der Waals surface area contributed by atoms with Gasteiger partial charge in [0.1, 0.15) is 29.1 Å². The fraction of sp³-hybridized carbons (Fsp3) is 0.0625. The zero-order chi connectivity index (χ0) is 16.6. The Balaban J connectivity index is 2.24. The second-order valence-electron chi connectivity index (χ2n) is 4.99. The molecule has 0 fully saturated rings. The first kappa shape index (κ1) is 14.7. The van der Waals surface area contributed by atoms with Crippen LogP contribution in [0.3, 0.4) is 0 Å². The highest BCUT2D eigenvalue weighted by atomic mass is 19.1. The SMILES string of the molecule is Cn1cc(-c2cc(-c3cc(F)cc(F)c3)nc(N)c2C#N)cn1. The van der Waals surface area contributed by atoms with Crippen molar-refractivity contribution in [2.75, 3.05) is 5.73 Å². The van der Waals surface area contributed by atoms with Gasteiger partial charge in [0, 0.05) is 36.0 Å². The number of nitriles is 1. The van der Waals surface area contributed by atoms with Crippen LogP contribution in [0.5, 0.6) is 0 Å². The molecule has 0 atom stereocenters. The average Bonchev–Trinajstić information content (AvgIpc) is 2.92. The third-order valence-electron chi connectivity index (χ3n) is 3.33. The minimum absolute atomic E-state index is 0.00600. The Hall–Kier alpha value is -3.27. The third-order valence-corrected chi connectivity index (χ3v) is 3.33. The van der Waals surface area contributed by atoms with E-state index >= 15 is 0 Å². The molecule has 5 nitrogen and oxygen atoms in total. The summed E-state index contributed by atoms with van der Waals surface area (Å²) in [5.74, 6) is -1.44. The van der Waals surface area contributed by atoms with Gasteiger partial charge in [-0.05, 0) is 18.2 Å². The number of aryl methyl sites for hydroxylation is 1. The maximum absolute atomic E-state index is 13.4. The molecule has 1 aromatic carbocycles. The Kier molecular flexibility index (Phi) is 3.50. The lowest BCUT2D eigenvalue weighted by Crippen LogP contribution is -2.00. The molecule has 0 aliphatic carbocycles. The highest BCUT2D eigenvalue weighted by molar-refractivity contribution is 5.79. The molecule has 0 bridgehead atoms. The molecule has 23 heavy (non-hydrogen) atoms. The van der Waals surface area contributed by atoms with Crippen LogP contribution in [0.25, 0.3) is 22.4 Å². The fourth-order valence-corrected chi connectivity index (χ4v) is 2.32. The first-order valence-electron chi connectivity index (χ1n) is 6.64. The molecule has 2 aromatic heterocycles. The van der Waals surface area contributed by atoms with E-state index in [-0.39, 0.29) is 22.6 Å². The summed E-state index contributed by atoms with van der Waals surface area (Å²) in [5, 5.41) is 13.4. The first-order chi connectivity index (χ1) is 11.0. The lowest BCUT2D eigenvalue weighted by Gasteiger charge is -2.09. The number of halogens is 2. The highest BCUT2D eigenvalue weighted by Crippen LogP contribution is 2.31. The van der Waals surface area contributed by atoms with Crippen LogP contribution in [0.1, 0.15) is 5.56 Å². The van der Waals surface area contributed by atoms with E-state index < -0.39 is 11.6 Å². The zero-order valence-electron chi connectivity index (χ0n) is 12.1. The maximum Gasteiger partial charge on any atom is 0.142 e. The fourth-order valence-electron chi connectivity index (χ4n) is 2.32.